The van der Waals surface area contributed by atoms with Gasteiger partial charge in [-0.3, -0.25) is 9.80 Å². The molecule has 0 saturated carbocycles. The highest BCUT2D eigenvalue weighted by atomic mass is 32.1. The Morgan fingerprint density at radius 3 is 2.76 bits per heavy atom. The summed E-state index contributed by atoms with van der Waals surface area (Å²) in [6.07, 6.45) is 1.13. The molecule has 2 heterocycles. The normalized spacial score (nSPS) is 19.0. The highest BCUT2D eigenvalue weighted by Crippen LogP contribution is 2.22. The van der Waals surface area contributed by atoms with Crippen molar-refractivity contribution < 1.29 is 0 Å². The molecule has 0 saturated heterocycles. The van der Waals surface area contributed by atoms with Gasteiger partial charge in [0.2, 0.25) is 0 Å². The number of hydrogen-bond acceptors (Lipinski definition) is 5. The van der Waals surface area contributed by atoms with Crippen molar-refractivity contribution in [1.29, 1.82) is 0 Å². The molecular weight excluding hydrogens is 280 g/mol. The van der Waals surface area contributed by atoms with Crippen LogP contribution in [0.4, 0.5) is 0 Å². The molecular formula is C16H22N4S. The number of nitrogens with zero attached hydrogens (tertiary/aromatic N) is 4. The van der Waals surface area contributed by atoms with Crippen LogP contribution in [0.15, 0.2) is 24.3 Å². The van der Waals surface area contributed by atoms with Crippen LogP contribution in [0.1, 0.15) is 21.1 Å². The molecule has 4 nitrogen and oxygen atoms in total. The van der Waals surface area contributed by atoms with E-state index in [4.69, 9.17) is 0 Å². The first kappa shape index (κ1) is 14.6. The van der Waals surface area contributed by atoms with Crippen molar-refractivity contribution in [1.82, 2.24) is 20.0 Å². The molecule has 2 aromatic rings. The van der Waals surface area contributed by atoms with Crippen molar-refractivity contribution in [3.63, 3.8) is 0 Å². The highest BCUT2D eigenvalue weighted by Gasteiger charge is 2.24. The van der Waals surface area contributed by atoms with Gasteiger partial charge in [-0.15, -0.1) is 21.5 Å². The SMILES string of the molecule is Cc1nnc(CN(C)CC2Cc3ccccc3CN2C)s1. The molecule has 0 amide bonds. The van der Waals surface area contributed by atoms with Gasteiger partial charge in [-0.05, 0) is 38.6 Å². The average molecular weight is 302 g/mol. The predicted octanol–water partition coefficient (Wildman–Crippen LogP) is 2.34. The number of aryl methyl sites for hydroxylation is 1. The van der Waals surface area contributed by atoms with Crippen LogP contribution in [0.3, 0.4) is 0 Å². The Labute approximate surface area is 130 Å². The van der Waals surface area contributed by atoms with E-state index in [1.165, 1.54) is 11.1 Å². The zero-order valence-corrected chi connectivity index (χ0v) is 13.7. The van der Waals surface area contributed by atoms with Crippen LogP contribution in [-0.4, -0.2) is 46.7 Å². The van der Waals surface area contributed by atoms with Crippen LogP contribution in [0.5, 0.6) is 0 Å². The first-order chi connectivity index (χ1) is 10.1. The van der Waals surface area contributed by atoms with Gasteiger partial charge in [0, 0.05) is 19.1 Å². The number of rotatable bonds is 4. The topological polar surface area (TPSA) is 32.3 Å². The van der Waals surface area contributed by atoms with E-state index in [2.05, 4.69) is 58.4 Å². The number of aromatic nitrogens is 2. The molecule has 5 heteroatoms. The van der Waals surface area contributed by atoms with E-state index in [0.29, 0.717) is 6.04 Å². The van der Waals surface area contributed by atoms with Crippen molar-refractivity contribution in [2.24, 2.45) is 0 Å². The zero-order valence-electron chi connectivity index (χ0n) is 12.9. The highest BCUT2D eigenvalue weighted by molar-refractivity contribution is 7.11. The molecule has 0 bridgehead atoms. The van der Waals surface area contributed by atoms with Gasteiger partial charge in [0.25, 0.3) is 0 Å². The maximum atomic E-state index is 4.22. The van der Waals surface area contributed by atoms with Crippen molar-refractivity contribution in [3.05, 3.63) is 45.4 Å². The summed E-state index contributed by atoms with van der Waals surface area (Å²) in [5.41, 5.74) is 2.97. The molecule has 112 valence electrons. The van der Waals surface area contributed by atoms with Gasteiger partial charge in [-0.25, -0.2) is 0 Å². The maximum Gasteiger partial charge on any atom is 0.131 e. The predicted molar refractivity (Wildman–Crippen MR) is 86.4 cm³/mol. The lowest BCUT2D eigenvalue weighted by atomic mass is 9.94. The molecule has 1 aliphatic heterocycles. The second-order valence-electron chi connectivity index (χ2n) is 5.95. The van der Waals surface area contributed by atoms with E-state index in [9.17, 15) is 0 Å². The van der Waals surface area contributed by atoms with Crippen molar-refractivity contribution >= 4 is 11.3 Å². The molecule has 0 radical (unpaired) electrons. The fourth-order valence-electron chi connectivity index (χ4n) is 2.98. The van der Waals surface area contributed by atoms with E-state index in [-0.39, 0.29) is 0 Å². The summed E-state index contributed by atoms with van der Waals surface area (Å²) in [4.78, 5) is 4.82. The van der Waals surface area contributed by atoms with E-state index in [1.807, 2.05) is 6.92 Å². The van der Waals surface area contributed by atoms with Crippen molar-refractivity contribution in [2.45, 2.75) is 32.5 Å². The standard InChI is InChI=1S/C16H22N4S/c1-12-17-18-16(21-12)11-19(2)10-15-8-13-6-4-5-7-14(13)9-20(15)3/h4-7,15H,8-11H2,1-3H3. The lowest BCUT2D eigenvalue weighted by Gasteiger charge is -2.36. The number of hydrogen-bond donors (Lipinski definition) is 0. The molecule has 0 fully saturated rings. The van der Waals surface area contributed by atoms with E-state index in [1.54, 1.807) is 11.3 Å². The van der Waals surface area contributed by atoms with Crippen molar-refractivity contribution in [3.8, 4) is 0 Å². The van der Waals surface area contributed by atoms with E-state index >= 15 is 0 Å². The van der Waals surface area contributed by atoms with Gasteiger partial charge in [0.1, 0.15) is 10.0 Å². The van der Waals surface area contributed by atoms with Gasteiger partial charge in [-0.1, -0.05) is 24.3 Å². The third kappa shape index (κ3) is 3.48. The van der Waals surface area contributed by atoms with Crippen LogP contribution >= 0.6 is 11.3 Å². The smallest absolute Gasteiger partial charge is 0.131 e. The molecule has 0 spiro atoms. The summed E-state index contributed by atoms with van der Waals surface area (Å²) in [7, 11) is 4.40. The minimum Gasteiger partial charge on any atom is -0.298 e. The molecule has 3 rings (SSSR count). The zero-order chi connectivity index (χ0) is 14.8. The monoisotopic (exact) mass is 302 g/mol. The molecule has 1 atom stereocenters. The summed E-state index contributed by atoms with van der Waals surface area (Å²) in [5, 5.41) is 10.5. The first-order valence-corrected chi connectivity index (χ1v) is 8.18. The summed E-state index contributed by atoms with van der Waals surface area (Å²) < 4.78 is 0. The molecule has 21 heavy (non-hydrogen) atoms. The Hall–Kier alpha value is -1.30. The molecule has 0 N–H and O–H groups in total. The summed E-state index contributed by atoms with van der Waals surface area (Å²) in [5.74, 6) is 0. The summed E-state index contributed by atoms with van der Waals surface area (Å²) in [6.45, 7) is 5.00. The first-order valence-electron chi connectivity index (χ1n) is 7.36. The van der Waals surface area contributed by atoms with Crippen LogP contribution in [0, 0.1) is 6.92 Å². The van der Waals surface area contributed by atoms with Crippen molar-refractivity contribution in [2.75, 3.05) is 20.6 Å². The largest absolute Gasteiger partial charge is 0.298 e. The van der Waals surface area contributed by atoms with Gasteiger partial charge < -0.3 is 0 Å². The van der Waals surface area contributed by atoms with Gasteiger partial charge >= 0.3 is 0 Å². The van der Waals surface area contributed by atoms with Gasteiger partial charge in [0.05, 0.1) is 6.54 Å². The molecule has 1 unspecified atom stereocenters. The number of benzene rings is 1. The average Bonchev–Trinajstić information content (AvgIpc) is 2.85. The third-order valence-corrected chi connectivity index (χ3v) is 4.94. The van der Waals surface area contributed by atoms with Crippen LogP contribution < -0.4 is 0 Å². The Bertz CT molecular complexity index is 610. The Kier molecular flexibility index (Phi) is 4.33. The number of likely N-dealkylation sites (N-methyl/N-ethyl adjacent to an activating group) is 2. The maximum absolute atomic E-state index is 4.22. The minimum absolute atomic E-state index is 0.568. The minimum atomic E-state index is 0.568. The molecule has 1 aliphatic rings. The van der Waals surface area contributed by atoms with Crippen LogP contribution in [0.2, 0.25) is 0 Å². The quantitative estimate of drug-likeness (QED) is 0.868. The second kappa shape index (κ2) is 6.22. The second-order valence-corrected chi connectivity index (χ2v) is 7.22. The summed E-state index contributed by atoms with van der Waals surface area (Å²) in [6, 6.07) is 9.37. The summed E-state index contributed by atoms with van der Waals surface area (Å²) >= 11 is 1.69. The van der Waals surface area contributed by atoms with Crippen LogP contribution in [0.25, 0.3) is 0 Å². The van der Waals surface area contributed by atoms with Crippen LogP contribution in [-0.2, 0) is 19.5 Å². The number of fused-ring (bicyclic) bond motifs is 1. The van der Waals surface area contributed by atoms with Gasteiger partial charge in [-0.2, -0.15) is 0 Å². The lowest BCUT2D eigenvalue weighted by Crippen LogP contribution is -2.44. The van der Waals surface area contributed by atoms with Gasteiger partial charge in [0.15, 0.2) is 0 Å². The fourth-order valence-corrected chi connectivity index (χ4v) is 3.77. The Balaban J connectivity index is 1.62. The van der Waals surface area contributed by atoms with E-state index < -0.39 is 0 Å². The van der Waals surface area contributed by atoms with E-state index in [0.717, 1.165) is 36.1 Å². The third-order valence-electron chi connectivity index (χ3n) is 4.11. The Morgan fingerprint density at radius 2 is 2.05 bits per heavy atom. The molecule has 1 aromatic carbocycles. The molecule has 0 aliphatic carbocycles. The fraction of sp³-hybridized carbons (Fsp3) is 0.500. The lowest BCUT2D eigenvalue weighted by molar-refractivity contribution is 0.158. The Morgan fingerprint density at radius 1 is 1.29 bits per heavy atom. The molecule has 1 aromatic heterocycles.